The molecule has 0 unspecified atom stereocenters. The van der Waals surface area contributed by atoms with Gasteiger partial charge in [-0.25, -0.2) is 9.78 Å². The number of imide groups is 1. The highest BCUT2D eigenvalue weighted by molar-refractivity contribution is 7.13. The van der Waals surface area contributed by atoms with Gasteiger partial charge in [0.25, 0.3) is 5.91 Å². The van der Waals surface area contributed by atoms with Crippen molar-refractivity contribution in [3.05, 3.63) is 11.6 Å². The molecule has 0 radical (unpaired) electrons. The van der Waals surface area contributed by atoms with Crippen LogP contribution in [-0.4, -0.2) is 39.8 Å². The SMILES string of the molecule is C[C@]1(C2CC2)NC(=O)N(CC(=O)Nc2nccs2)C1=O. The first-order chi connectivity index (χ1) is 9.50. The van der Waals surface area contributed by atoms with Gasteiger partial charge in [0.15, 0.2) is 5.13 Å². The Morgan fingerprint density at radius 3 is 2.95 bits per heavy atom. The molecule has 4 amide bonds. The second kappa shape index (κ2) is 4.55. The molecule has 2 fully saturated rings. The number of hydrogen-bond donors (Lipinski definition) is 2. The highest BCUT2D eigenvalue weighted by Gasteiger charge is 2.56. The van der Waals surface area contributed by atoms with Gasteiger partial charge in [-0.2, -0.15) is 0 Å². The Bertz CT molecular complexity index is 569. The molecule has 2 N–H and O–H groups in total. The Labute approximate surface area is 119 Å². The van der Waals surface area contributed by atoms with Gasteiger partial charge in [0.1, 0.15) is 12.1 Å². The third-order valence-corrected chi connectivity index (χ3v) is 4.36. The molecule has 3 rings (SSSR count). The molecule has 20 heavy (non-hydrogen) atoms. The van der Waals surface area contributed by atoms with Crippen molar-refractivity contribution in [3.8, 4) is 0 Å². The van der Waals surface area contributed by atoms with Crippen LogP contribution in [0.5, 0.6) is 0 Å². The van der Waals surface area contributed by atoms with Gasteiger partial charge in [-0.15, -0.1) is 11.3 Å². The lowest BCUT2D eigenvalue weighted by atomic mass is 9.96. The Balaban J connectivity index is 1.66. The average Bonchev–Trinajstić information content (AvgIpc) is 3.10. The summed E-state index contributed by atoms with van der Waals surface area (Å²) >= 11 is 1.28. The number of aromatic nitrogens is 1. The Morgan fingerprint density at radius 1 is 1.60 bits per heavy atom. The van der Waals surface area contributed by atoms with Crippen LogP contribution in [0.25, 0.3) is 0 Å². The summed E-state index contributed by atoms with van der Waals surface area (Å²) in [7, 11) is 0. The smallest absolute Gasteiger partial charge is 0.323 e. The van der Waals surface area contributed by atoms with Crippen LogP contribution in [0.3, 0.4) is 0 Å². The van der Waals surface area contributed by atoms with Crippen molar-refractivity contribution < 1.29 is 14.4 Å². The molecular formula is C12H14N4O3S. The minimum atomic E-state index is -0.849. The molecule has 1 aliphatic carbocycles. The van der Waals surface area contributed by atoms with E-state index in [9.17, 15) is 14.4 Å². The fourth-order valence-corrected chi connectivity index (χ4v) is 2.93. The molecule has 7 nitrogen and oxygen atoms in total. The molecule has 2 heterocycles. The van der Waals surface area contributed by atoms with E-state index in [-0.39, 0.29) is 18.4 Å². The highest BCUT2D eigenvalue weighted by Crippen LogP contribution is 2.42. The zero-order valence-electron chi connectivity index (χ0n) is 10.9. The van der Waals surface area contributed by atoms with Crippen molar-refractivity contribution in [3.63, 3.8) is 0 Å². The number of carbonyl (C=O) groups excluding carboxylic acids is 3. The Hall–Kier alpha value is -1.96. The zero-order valence-corrected chi connectivity index (χ0v) is 11.7. The summed E-state index contributed by atoms with van der Waals surface area (Å²) in [4.78, 5) is 40.9. The van der Waals surface area contributed by atoms with Gasteiger partial charge in [0.2, 0.25) is 5.91 Å². The number of carbonyl (C=O) groups is 3. The molecule has 106 valence electrons. The molecule has 0 aromatic carbocycles. The highest BCUT2D eigenvalue weighted by atomic mass is 32.1. The number of nitrogens with zero attached hydrogens (tertiary/aromatic N) is 2. The fourth-order valence-electron chi connectivity index (χ4n) is 2.38. The van der Waals surface area contributed by atoms with E-state index in [0.717, 1.165) is 17.7 Å². The summed E-state index contributed by atoms with van der Waals surface area (Å²) in [5, 5.41) is 7.44. The van der Waals surface area contributed by atoms with Crippen molar-refractivity contribution in [2.24, 2.45) is 5.92 Å². The van der Waals surface area contributed by atoms with Crippen molar-refractivity contribution in [2.45, 2.75) is 25.3 Å². The summed E-state index contributed by atoms with van der Waals surface area (Å²) < 4.78 is 0. The first kappa shape index (κ1) is 13.0. The van der Waals surface area contributed by atoms with Crippen molar-refractivity contribution >= 4 is 34.3 Å². The fraction of sp³-hybridized carbons (Fsp3) is 0.500. The van der Waals surface area contributed by atoms with Crippen LogP contribution < -0.4 is 10.6 Å². The van der Waals surface area contributed by atoms with E-state index in [1.165, 1.54) is 11.3 Å². The van der Waals surface area contributed by atoms with Crippen LogP contribution in [0.4, 0.5) is 9.93 Å². The van der Waals surface area contributed by atoms with Crippen LogP contribution in [0.2, 0.25) is 0 Å². The summed E-state index contributed by atoms with van der Waals surface area (Å²) in [5.74, 6) is -0.561. The number of urea groups is 1. The molecule has 0 spiro atoms. The van der Waals surface area contributed by atoms with Crippen LogP contribution in [0, 0.1) is 5.92 Å². The maximum absolute atomic E-state index is 12.3. The summed E-state index contributed by atoms with van der Waals surface area (Å²) in [6.45, 7) is 1.44. The topological polar surface area (TPSA) is 91.4 Å². The summed E-state index contributed by atoms with van der Waals surface area (Å²) in [5.41, 5.74) is -0.849. The summed E-state index contributed by atoms with van der Waals surface area (Å²) in [6, 6.07) is -0.501. The van der Waals surface area contributed by atoms with E-state index >= 15 is 0 Å². The van der Waals surface area contributed by atoms with Crippen molar-refractivity contribution in [1.29, 1.82) is 0 Å². The second-order valence-corrected chi connectivity index (χ2v) is 6.08. The average molecular weight is 294 g/mol. The lowest BCUT2D eigenvalue weighted by Gasteiger charge is -2.20. The number of amides is 4. The maximum atomic E-state index is 12.3. The molecular weight excluding hydrogens is 280 g/mol. The largest absolute Gasteiger partial charge is 0.325 e. The molecule has 1 saturated heterocycles. The molecule has 8 heteroatoms. The predicted molar refractivity (Wildman–Crippen MR) is 72.1 cm³/mol. The van der Waals surface area contributed by atoms with Crippen molar-refractivity contribution in [2.75, 3.05) is 11.9 Å². The minimum absolute atomic E-state index is 0.186. The van der Waals surface area contributed by atoms with Crippen LogP contribution >= 0.6 is 11.3 Å². The standard InChI is InChI=1S/C12H14N4O3S/c1-12(7-2-3-7)9(18)16(11(19)15-12)6-8(17)14-10-13-4-5-20-10/h4-5,7H,2-3,6H2,1H3,(H,15,19)(H,13,14,17)/t12-/m1/s1. The number of rotatable bonds is 4. The lowest BCUT2D eigenvalue weighted by Crippen LogP contribution is -2.46. The molecule has 1 aliphatic heterocycles. The van der Waals surface area contributed by atoms with Crippen LogP contribution in [0.15, 0.2) is 11.6 Å². The Morgan fingerprint density at radius 2 is 2.35 bits per heavy atom. The first-order valence-corrected chi connectivity index (χ1v) is 7.22. The van der Waals surface area contributed by atoms with Gasteiger partial charge in [-0.3, -0.25) is 14.5 Å². The molecule has 0 bridgehead atoms. The van der Waals surface area contributed by atoms with Gasteiger partial charge < -0.3 is 10.6 Å². The number of nitrogens with one attached hydrogen (secondary N) is 2. The molecule has 1 aromatic heterocycles. The quantitative estimate of drug-likeness (QED) is 0.804. The third-order valence-electron chi connectivity index (χ3n) is 3.68. The zero-order chi connectivity index (χ0) is 14.3. The van der Waals surface area contributed by atoms with Crippen molar-refractivity contribution in [1.82, 2.24) is 15.2 Å². The van der Waals surface area contributed by atoms with Gasteiger partial charge in [-0.1, -0.05) is 0 Å². The number of hydrogen-bond acceptors (Lipinski definition) is 5. The first-order valence-electron chi connectivity index (χ1n) is 6.34. The lowest BCUT2D eigenvalue weighted by molar-refractivity contribution is -0.134. The summed E-state index contributed by atoms with van der Waals surface area (Å²) in [6.07, 6.45) is 3.43. The second-order valence-electron chi connectivity index (χ2n) is 5.18. The van der Waals surface area contributed by atoms with E-state index in [1.807, 2.05) is 0 Å². The van der Waals surface area contributed by atoms with E-state index in [1.54, 1.807) is 18.5 Å². The van der Waals surface area contributed by atoms with Gasteiger partial charge >= 0.3 is 6.03 Å². The molecule has 1 saturated carbocycles. The number of anilines is 1. The minimum Gasteiger partial charge on any atom is -0.323 e. The molecule has 1 aromatic rings. The molecule has 1 atom stereocenters. The third kappa shape index (κ3) is 2.15. The van der Waals surface area contributed by atoms with E-state index in [2.05, 4.69) is 15.6 Å². The number of thiazole rings is 1. The van der Waals surface area contributed by atoms with E-state index < -0.39 is 17.5 Å². The predicted octanol–water partition coefficient (Wildman–Crippen LogP) is 0.802. The maximum Gasteiger partial charge on any atom is 0.325 e. The van der Waals surface area contributed by atoms with Crippen LogP contribution in [-0.2, 0) is 9.59 Å². The van der Waals surface area contributed by atoms with E-state index in [4.69, 9.17) is 0 Å². The van der Waals surface area contributed by atoms with E-state index in [0.29, 0.717) is 5.13 Å². The monoisotopic (exact) mass is 294 g/mol. The molecule has 2 aliphatic rings. The Kier molecular flexibility index (Phi) is 2.97. The normalized spacial score (nSPS) is 25.8. The van der Waals surface area contributed by atoms with Gasteiger partial charge in [-0.05, 0) is 25.7 Å². The van der Waals surface area contributed by atoms with Gasteiger partial charge in [0.05, 0.1) is 0 Å². The van der Waals surface area contributed by atoms with Crippen LogP contribution in [0.1, 0.15) is 19.8 Å². The van der Waals surface area contributed by atoms with Gasteiger partial charge in [0, 0.05) is 11.6 Å².